The van der Waals surface area contributed by atoms with Gasteiger partial charge in [0.25, 0.3) is 0 Å². The molecule has 6 nitrogen and oxygen atoms in total. The highest BCUT2D eigenvalue weighted by atomic mass is 35.5. The Morgan fingerprint density at radius 1 is 0.917 bits per heavy atom. The third kappa shape index (κ3) is 3.80. The molecule has 0 radical (unpaired) electrons. The number of carbonyl (C=O) groups excluding carboxylic acids is 2. The quantitative estimate of drug-likeness (QED) is 0.680. The minimum atomic E-state index is -0.510. The summed E-state index contributed by atoms with van der Waals surface area (Å²) in [6.45, 7) is 0. The molecular weight excluding hydrogens is 328 g/mol. The molecule has 24 heavy (non-hydrogen) atoms. The summed E-state index contributed by atoms with van der Waals surface area (Å²) in [7, 11) is 0. The van der Waals surface area contributed by atoms with Crippen LogP contribution in [-0.2, 0) is 0 Å². The first-order chi connectivity index (χ1) is 11.1. The number of urea groups is 1. The Kier molecular flexibility index (Phi) is 5.34. The van der Waals surface area contributed by atoms with Crippen molar-refractivity contribution in [3.8, 4) is 0 Å². The van der Waals surface area contributed by atoms with Gasteiger partial charge < -0.3 is 16.4 Å². The summed E-state index contributed by atoms with van der Waals surface area (Å²) < 4.78 is 0. The van der Waals surface area contributed by atoms with Gasteiger partial charge in [0, 0.05) is 22.8 Å². The standard InChI is InChI=1S/C17H14N4O2.ClH/c18-16(22)11-5-7-12(8-6-11)20-17(23)21-15-9-10-19-14-4-2-1-3-13(14)15;/h1-10H,(H2,18,22)(H2,19,20,21,23);1H. The Labute approximate surface area is 144 Å². The number of aromatic nitrogens is 1. The van der Waals surface area contributed by atoms with Gasteiger partial charge in [-0.25, -0.2) is 4.79 Å². The molecule has 3 rings (SSSR count). The third-order valence-electron chi connectivity index (χ3n) is 3.32. The van der Waals surface area contributed by atoms with Crippen molar-refractivity contribution in [3.63, 3.8) is 0 Å². The second kappa shape index (κ2) is 7.43. The molecule has 2 aromatic carbocycles. The van der Waals surface area contributed by atoms with Crippen LogP contribution in [0.4, 0.5) is 16.2 Å². The van der Waals surface area contributed by atoms with Crippen LogP contribution in [0, 0.1) is 0 Å². The van der Waals surface area contributed by atoms with Crippen molar-refractivity contribution in [2.75, 3.05) is 10.6 Å². The van der Waals surface area contributed by atoms with E-state index in [1.165, 1.54) is 0 Å². The second-order valence-electron chi connectivity index (χ2n) is 4.90. The fourth-order valence-electron chi connectivity index (χ4n) is 2.21. The van der Waals surface area contributed by atoms with Gasteiger partial charge >= 0.3 is 6.03 Å². The fraction of sp³-hybridized carbons (Fsp3) is 0. The Morgan fingerprint density at radius 3 is 2.33 bits per heavy atom. The van der Waals surface area contributed by atoms with Crippen molar-refractivity contribution in [2.45, 2.75) is 0 Å². The molecule has 0 unspecified atom stereocenters. The van der Waals surface area contributed by atoms with Crippen LogP contribution in [0.1, 0.15) is 10.4 Å². The number of halogens is 1. The van der Waals surface area contributed by atoms with Gasteiger partial charge in [-0.3, -0.25) is 9.78 Å². The highest BCUT2D eigenvalue weighted by molar-refractivity contribution is 6.05. The van der Waals surface area contributed by atoms with E-state index in [-0.39, 0.29) is 18.4 Å². The molecule has 0 aliphatic heterocycles. The van der Waals surface area contributed by atoms with E-state index >= 15 is 0 Å². The number of hydrogen-bond acceptors (Lipinski definition) is 3. The largest absolute Gasteiger partial charge is 0.366 e. The number of nitrogens with two attached hydrogens (primary N) is 1. The zero-order valence-electron chi connectivity index (χ0n) is 12.5. The third-order valence-corrected chi connectivity index (χ3v) is 3.32. The molecule has 3 aromatic rings. The van der Waals surface area contributed by atoms with Gasteiger partial charge in [-0.15, -0.1) is 12.4 Å². The van der Waals surface area contributed by atoms with Gasteiger partial charge in [0.05, 0.1) is 11.2 Å². The monoisotopic (exact) mass is 342 g/mol. The summed E-state index contributed by atoms with van der Waals surface area (Å²) in [5.41, 5.74) is 7.59. The number of carbonyl (C=O) groups is 2. The van der Waals surface area contributed by atoms with Gasteiger partial charge in [-0.2, -0.15) is 0 Å². The minimum Gasteiger partial charge on any atom is -0.366 e. The first kappa shape index (κ1) is 17.2. The number of primary amides is 1. The van der Waals surface area contributed by atoms with Crippen LogP contribution in [0.25, 0.3) is 10.9 Å². The summed E-state index contributed by atoms with van der Waals surface area (Å²) in [6, 6.07) is 15.2. The smallest absolute Gasteiger partial charge is 0.323 e. The van der Waals surface area contributed by atoms with Gasteiger partial charge in [-0.1, -0.05) is 18.2 Å². The van der Waals surface area contributed by atoms with E-state index in [9.17, 15) is 9.59 Å². The number of pyridine rings is 1. The van der Waals surface area contributed by atoms with Crippen LogP contribution < -0.4 is 16.4 Å². The maximum absolute atomic E-state index is 12.1. The van der Waals surface area contributed by atoms with E-state index in [1.807, 2.05) is 24.3 Å². The van der Waals surface area contributed by atoms with Gasteiger partial charge in [0.1, 0.15) is 0 Å². The molecule has 0 spiro atoms. The van der Waals surface area contributed by atoms with E-state index in [1.54, 1.807) is 36.5 Å². The Balaban J connectivity index is 0.00000208. The highest BCUT2D eigenvalue weighted by Crippen LogP contribution is 2.21. The molecule has 0 bridgehead atoms. The zero-order chi connectivity index (χ0) is 16.2. The normalized spacial score (nSPS) is 9.83. The van der Waals surface area contributed by atoms with Crippen molar-refractivity contribution in [1.29, 1.82) is 0 Å². The minimum absolute atomic E-state index is 0. The van der Waals surface area contributed by atoms with Crippen LogP contribution in [0.3, 0.4) is 0 Å². The van der Waals surface area contributed by atoms with Gasteiger partial charge in [0.2, 0.25) is 5.91 Å². The predicted octanol–water partition coefficient (Wildman–Crippen LogP) is 3.40. The molecule has 0 aliphatic rings. The Morgan fingerprint density at radius 2 is 1.62 bits per heavy atom. The molecular formula is C17H15ClN4O2. The summed E-state index contributed by atoms with van der Waals surface area (Å²) in [4.78, 5) is 27.4. The highest BCUT2D eigenvalue weighted by Gasteiger charge is 2.07. The molecule has 0 atom stereocenters. The van der Waals surface area contributed by atoms with Crippen molar-refractivity contribution in [3.05, 3.63) is 66.4 Å². The number of nitrogens with zero attached hydrogens (tertiary/aromatic N) is 1. The predicted molar refractivity (Wildman–Crippen MR) is 96.6 cm³/mol. The lowest BCUT2D eigenvalue weighted by Gasteiger charge is -2.10. The molecule has 0 aliphatic carbocycles. The number of nitrogens with one attached hydrogen (secondary N) is 2. The maximum Gasteiger partial charge on any atom is 0.323 e. The first-order valence-electron chi connectivity index (χ1n) is 6.95. The molecule has 0 saturated carbocycles. The topological polar surface area (TPSA) is 97.1 Å². The SMILES string of the molecule is Cl.NC(=O)c1ccc(NC(=O)Nc2ccnc3ccccc23)cc1. The van der Waals surface area contributed by atoms with Crippen molar-refractivity contribution < 1.29 is 9.59 Å². The second-order valence-corrected chi connectivity index (χ2v) is 4.90. The molecule has 0 saturated heterocycles. The zero-order valence-corrected chi connectivity index (χ0v) is 13.3. The van der Waals surface area contributed by atoms with E-state index in [0.29, 0.717) is 16.9 Å². The van der Waals surface area contributed by atoms with E-state index < -0.39 is 5.91 Å². The molecule has 1 heterocycles. The van der Waals surface area contributed by atoms with Gasteiger partial charge in [0.15, 0.2) is 0 Å². The summed E-state index contributed by atoms with van der Waals surface area (Å²) in [5, 5.41) is 6.34. The summed E-state index contributed by atoms with van der Waals surface area (Å²) in [5.74, 6) is -0.510. The van der Waals surface area contributed by atoms with Crippen LogP contribution in [0.5, 0.6) is 0 Å². The number of anilines is 2. The van der Waals surface area contributed by atoms with E-state index in [2.05, 4.69) is 15.6 Å². The van der Waals surface area contributed by atoms with Crippen molar-refractivity contribution in [1.82, 2.24) is 4.98 Å². The van der Waals surface area contributed by atoms with Crippen LogP contribution in [-0.4, -0.2) is 16.9 Å². The molecule has 7 heteroatoms. The van der Waals surface area contributed by atoms with Crippen LogP contribution in [0.15, 0.2) is 60.8 Å². The number of para-hydroxylation sites is 1. The molecule has 1 aromatic heterocycles. The number of rotatable bonds is 3. The lowest BCUT2D eigenvalue weighted by atomic mass is 10.2. The number of benzene rings is 2. The van der Waals surface area contributed by atoms with Gasteiger partial charge in [-0.05, 0) is 36.4 Å². The average Bonchev–Trinajstić information content (AvgIpc) is 2.55. The molecule has 4 N–H and O–H groups in total. The average molecular weight is 343 g/mol. The Hall–Kier alpha value is -3.12. The lowest BCUT2D eigenvalue weighted by molar-refractivity contribution is 0.100. The number of amides is 3. The first-order valence-corrected chi connectivity index (χ1v) is 6.95. The van der Waals surface area contributed by atoms with Crippen molar-refractivity contribution in [2.24, 2.45) is 5.73 Å². The fourth-order valence-corrected chi connectivity index (χ4v) is 2.21. The van der Waals surface area contributed by atoms with E-state index in [4.69, 9.17) is 5.73 Å². The lowest BCUT2D eigenvalue weighted by Crippen LogP contribution is -2.19. The molecule has 122 valence electrons. The molecule has 3 amide bonds. The number of hydrogen-bond donors (Lipinski definition) is 3. The Bertz CT molecular complexity index is 876. The maximum atomic E-state index is 12.1. The summed E-state index contributed by atoms with van der Waals surface area (Å²) >= 11 is 0. The van der Waals surface area contributed by atoms with Crippen LogP contribution in [0.2, 0.25) is 0 Å². The summed E-state index contributed by atoms with van der Waals surface area (Å²) in [6.07, 6.45) is 1.64. The van der Waals surface area contributed by atoms with Crippen LogP contribution >= 0.6 is 12.4 Å². The van der Waals surface area contributed by atoms with E-state index in [0.717, 1.165) is 10.9 Å². The molecule has 0 fully saturated rings. The number of fused-ring (bicyclic) bond motifs is 1. The van der Waals surface area contributed by atoms with Crippen molar-refractivity contribution >= 4 is 46.6 Å².